The van der Waals surface area contributed by atoms with Crippen LogP contribution < -0.4 is 10.4 Å². The van der Waals surface area contributed by atoms with Gasteiger partial charge in [0.1, 0.15) is 5.60 Å². The molecule has 2 aliphatic rings. The van der Waals surface area contributed by atoms with E-state index in [1.807, 2.05) is 32.9 Å². The highest BCUT2D eigenvalue weighted by Gasteiger charge is 2.54. The fraction of sp³-hybridized carbons (Fsp3) is 0.533. The minimum Gasteiger partial charge on any atom is -0.443 e. The molecule has 0 unspecified atom stereocenters. The second-order valence-electron chi connectivity index (χ2n) is 12.3. The highest BCUT2D eigenvalue weighted by molar-refractivity contribution is 6.99. The maximum absolute atomic E-state index is 13.3. The van der Waals surface area contributed by atoms with E-state index >= 15 is 0 Å². The molecule has 0 radical (unpaired) electrons. The quantitative estimate of drug-likeness (QED) is 0.484. The van der Waals surface area contributed by atoms with Gasteiger partial charge >= 0.3 is 6.09 Å². The molecule has 2 aromatic rings. The molecule has 1 saturated carbocycles. The molecule has 0 bridgehead atoms. The summed E-state index contributed by atoms with van der Waals surface area (Å²) in [6.45, 7) is 12.6. The molecule has 2 atom stereocenters. The van der Waals surface area contributed by atoms with Crippen molar-refractivity contribution in [2.24, 2.45) is 11.8 Å². The van der Waals surface area contributed by atoms with Crippen molar-refractivity contribution in [2.45, 2.75) is 83.9 Å². The lowest BCUT2D eigenvalue weighted by molar-refractivity contribution is -0.128. The van der Waals surface area contributed by atoms with Crippen molar-refractivity contribution in [3.8, 4) is 0 Å². The van der Waals surface area contributed by atoms with Crippen molar-refractivity contribution < 1.29 is 18.8 Å². The molecule has 1 heterocycles. The van der Waals surface area contributed by atoms with Gasteiger partial charge in [0.05, 0.1) is 12.6 Å². The van der Waals surface area contributed by atoms with Gasteiger partial charge in [-0.25, -0.2) is 9.69 Å². The largest absolute Gasteiger partial charge is 0.443 e. The number of carbonyl (C=O) groups is 2. The first-order valence-corrected chi connectivity index (χ1v) is 15.1. The first kappa shape index (κ1) is 26.6. The number of nitrogens with zero attached hydrogens (tertiary/aromatic N) is 1. The summed E-state index contributed by atoms with van der Waals surface area (Å²) in [6, 6.07) is 20.7. The molecular formula is C30H41NO4Si. The lowest BCUT2D eigenvalue weighted by atomic mass is 9.73. The highest BCUT2D eigenvalue weighted by Crippen LogP contribution is 2.44. The maximum Gasteiger partial charge on any atom is 0.417 e. The summed E-state index contributed by atoms with van der Waals surface area (Å²) in [4.78, 5) is 27.8. The molecule has 36 heavy (non-hydrogen) atoms. The number of hydrogen-bond donors (Lipinski definition) is 0. The van der Waals surface area contributed by atoms with Crippen molar-refractivity contribution in [1.29, 1.82) is 0 Å². The van der Waals surface area contributed by atoms with E-state index in [1.54, 1.807) is 0 Å². The first-order chi connectivity index (χ1) is 16.9. The van der Waals surface area contributed by atoms with E-state index in [-0.39, 0.29) is 22.9 Å². The number of imide groups is 1. The second kappa shape index (κ2) is 10.1. The van der Waals surface area contributed by atoms with E-state index in [4.69, 9.17) is 9.16 Å². The lowest BCUT2D eigenvalue weighted by Crippen LogP contribution is -2.67. The van der Waals surface area contributed by atoms with Crippen LogP contribution in [0.2, 0.25) is 5.04 Å². The SMILES string of the molecule is CC(C)(C)OC(=O)N1C(=O)C[C@@H](C2CCC2)[C@@H]1CO[Si](c1ccccc1)(c1ccccc1)C(C)(C)C. The average molecular weight is 508 g/mol. The number of likely N-dealkylation sites (tertiary alicyclic amines) is 1. The number of hydrogen-bond acceptors (Lipinski definition) is 4. The van der Waals surface area contributed by atoms with Crippen LogP contribution in [0.3, 0.4) is 0 Å². The van der Waals surface area contributed by atoms with Crippen LogP contribution in [0.5, 0.6) is 0 Å². The topological polar surface area (TPSA) is 55.8 Å². The molecule has 1 aliphatic heterocycles. The minimum absolute atomic E-state index is 0.108. The standard InChI is InChI=1S/C30H41NO4Si/c1-29(2,3)35-28(33)31-26(25(20-27(31)32)22-14-13-15-22)21-34-36(30(4,5)6,23-16-9-7-10-17-23)24-18-11-8-12-19-24/h7-12,16-19,22,25-26H,13-15,20-21H2,1-6H3/t25-,26-/m0/s1. The zero-order chi connectivity index (χ0) is 26.1. The van der Waals surface area contributed by atoms with Crippen molar-refractivity contribution in [3.63, 3.8) is 0 Å². The van der Waals surface area contributed by atoms with E-state index in [2.05, 4.69) is 69.3 Å². The van der Waals surface area contributed by atoms with Gasteiger partial charge < -0.3 is 9.16 Å². The van der Waals surface area contributed by atoms with E-state index < -0.39 is 20.0 Å². The third-order valence-electron chi connectivity index (χ3n) is 7.74. The molecule has 0 spiro atoms. The third-order valence-corrected chi connectivity index (χ3v) is 12.7. The summed E-state index contributed by atoms with van der Waals surface area (Å²) in [5.41, 5.74) is -0.671. The maximum atomic E-state index is 13.3. The zero-order valence-electron chi connectivity index (χ0n) is 22.6. The van der Waals surface area contributed by atoms with Crippen LogP contribution >= 0.6 is 0 Å². The van der Waals surface area contributed by atoms with Gasteiger partial charge in [-0.2, -0.15) is 0 Å². The van der Waals surface area contributed by atoms with Gasteiger partial charge in [0.2, 0.25) is 5.91 Å². The van der Waals surface area contributed by atoms with Crippen molar-refractivity contribution in [3.05, 3.63) is 60.7 Å². The van der Waals surface area contributed by atoms with Gasteiger partial charge in [-0.15, -0.1) is 0 Å². The predicted molar refractivity (Wildman–Crippen MR) is 146 cm³/mol. The summed E-state index contributed by atoms with van der Waals surface area (Å²) in [7, 11) is -2.80. The van der Waals surface area contributed by atoms with Crippen molar-refractivity contribution in [2.75, 3.05) is 6.61 Å². The monoisotopic (exact) mass is 507 g/mol. The summed E-state index contributed by atoms with van der Waals surface area (Å²) in [6.07, 6.45) is 3.24. The molecule has 0 aromatic heterocycles. The Morgan fingerprint density at radius 1 is 0.917 bits per heavy atom. The second-order valence-corrected chi connectivity index (χ2v) is 16.7. The van der Waals surface area contributed by atoms with E-state index in [0.29, 0.717) is 18.9 Å². The lowest BCUT2D eigenvalue weighted by Gasteiger charge is -2.45. The van der Waals surface area contributed by atoms with Gasteiger partial charge in [-0.05, 0) is 48.0 Å². The Morgan fingerprint density at radius 2 is 1.44 bits per heavy atom. The Morgan fingerprint density at radius 3 is 1.86 bits per heavy atom. The van der Waals surface area contributed by atoms with Crippen LogP contribution in [0, 0.1) is 11.8 Å². The normalized spacial score (nSPS) is 21.4. The summed E-state index contributed by atoms with van der Waals surface area (Å²) < 4.78 is 12.9. The van der Waals surface area contributed by atoms with Gasteiger partial charge in [0.25, 0.3) is 8.32 Å². The molecular weight excluding hydrogens is 466 g/mol. The predicted octanol–water partition coefficient (Wildman–Crippen LogP) is 5.52. The summed E-state index contributed by atoms with van der Waals surface area (Å²) in [5.74, 6) is 0.420. The van der Waals surface area contributed by atoms with Gasteiger partial charge in [-0.1, -0.05) is 101 Å². The Hall–Kier alpha value is -2.44. The van der Waals surface area contributed by atoms with E-state index in [0.717, 1.165) is 12.8 Å². The Bertz CT molecular complexity index is 1010. The molecule has 2 amide bonds. The van der Waals surface area contributed by atoms with E-state index in [1.165, 1.54) is 21.7 Å². The van der Waals surface area contributed by atoms with Gasteiger partial charge in [0, 0.05) is 6.42 Å². The zero-order valence-corrected chi connectivity index (χ0v) is 23.6. The smallest absolute Gasteiger partial charge is 0.417 e. The molecule has 4 rings (SSSR count). The number of rotatable bonds is 6. The van der Waals surface area contributed by atoms with Crippen LogP contribution in [0.4, 0.5) is 4.79 Å². The van der Waals surface area contributed by atoms with Gasteiger partial charge in [0.15, 0.2) is 0 Å². The van der Waals surface area contributed by atoms with Crippen molar-refractivity contribution >= 4 is 30.7 Å². The van der Waals surface area contributed by atoms with Crippen LogP contribution in [-0.2, 0) is 14.0 Å². The number of ether oxygens (including phenoxy) is 1. The van der Waals surface area contributed by atoms with Crippen molar-refractivity contribution in [1.82, 2.24) is 4.90 Å². The molecule has 0 N–H and O–H groups in total. The molecule has 2 aromatic carbocycles. The molecule has 2 fully saturated rings. The molecule has 5 nitrogen and oxygen atoms in total. The number of amides is 2. The fourth-order valence-corrected chi connectivity index (χ4v) is 10.5. The number of benzene rings is 2. The molecule has 194 valence electrons. The molecule has 1 aliphatic carbocycles. The van der Waals surface area contributed by atoms with Gasteiger partial charge in [-0.3, -0.25) is 4.79 Å². The third kappa shape index (κ3) is 5.16. The summed E-state index contributed by atoms with van der Waals surface area (Å²) >= 11 is 0. The highest BCUT2D eigenvalue weighted by atomic mass is 28.4. The molecule has 1 saturated heterocycles. The average Bonchev–Trinajstić information content (AvgIpc) is 3.08. The molecule has 6 heteroatoms. The first-order valence-electron chi connectivity index (χ1n) is 13.2. The van der Waals surface area contributed by atoms with Crippen LogP contribution in [0.15, 0.2) is 60.7 Å². The van der Waals surface area contributed by atoms with Crippen LogP contribution in [-0.4, -0.2) is 43.5 Å². The Labute approximate surface area is 217 Å². The minimum atomic E-state index is -2.80. The fourth-order valence-electron chi connectivity index (χ4n) is 5.88. The van der Waals surface area contributed by atoms with Crippen LogP contribution in [0.25, 0.3) is 0 Å². The number of carbonyl (C=O) groups excluding carboxylic acids is 2. The Balaban J connectivity index is 1.74. The Kier molecular flexibility index (Phi) is 7.49. The summed E-state index contributed by atoms with van der Waals surface area (Å²) in [5, 5.41) is 2.20. The van der Waals surface area contributed by atoms with Crippen LogP contribution in [0.1, 0.15) is 67.2 Å². The van der Waals surface area contributed by atoms with E-state index in [9.17, 15) is 9.59 Å².